The minimum Gasteiger partial charge on any atom is -0.487 e. The van der Waals surface area contributed by atoms with E-state index in [2.05, 4.69) is 91.0 Å². The topological polar surface area (TPSA) is 47.9 Å². The Morgan fingerprint density at radius 2 is 1.71 bits per heavy atom. The Morgan fingerprint density at radius 1 is 1.00 bits per heavy atom. The molecule has 0 amide bonds. The summed E-state index contributed by atoms with van der Waals surface area (Å²) < 4.78 is 14.6. The van der Waals surface area contributed by atoms with Crippen molar-refractivity contribution < 1.29 is 14.3 Å². The van der Waals surface area contributed by atoms with E-state index in [-0.39, 0.29) is 5.70 Å². The van der Waals surface area contributed by atoms with E-state index in [4.69, 9.17) is 9.47 Å². The third-order valence-corrected chi connectivity index (χ3v) is 6.79. The lowest BCUT2D eigenvalue weighted by molar-refractivity contribution is -0.129. The highest BCUT2D eigenvalue weighted by Crippen LogP contribution is 2.31. The Kier molecular flexibility index (Phi) is 7.32. The number of benzene rings is 3. The average Bonchev–Trinajstić information content (AvgIpc) is 3.08. The molecule has 3 aromatic carbocycles. The van der Waals surface area contributed by atoms with Crippen LogP contribution >= 0.6 is 67.8 Å². The molecule has 0 saturated carbocycles. The molecule has 0 spiro atoms. The van der Waals surface area contributed by atoms with Crippen LogP contribution in [0.1, 0.15) is 22.3 Å². The minimum absolute atomic E-state index is 0.287. The van der Waals surface area contributed by atoms with E-state index in [1.54, 1.807) is 6.08 Å². The van der Waals surface area contributed by atoms with Crippen molar-refractivity contribution in [3.63, 3.8) is 0 Å². The number of hydrogen-bond donors (Lipinski definition) is 0. The van der Waals surface area contributed by atoms with Crippen molar-refractivity contribution >= 4 is 85.7 Å². The first kappa shape index (κ1) is 22.7. The summed E-state index contributed by atoms with van der Waals surface area (Å²) >= 11 is 6.81. The molecule has 7 heteroatoms. The second kappa shape index (κ2) is 9.99. The number of ether oxygens (including phenoxy) is 2. The normalized spacial score (nSPS) is 14.5. The Bertz CT molecular complexity index is 1190. The third-order valence-electron chi connectivity index (χ3n) is 4.52. The van der Waals surface area contributed by atoms with Crippen LogP contribution in [-0.4, -0.2) is 11.9 Å². The van der Waals surface area contributed by atoms with Crippen LogP contribution in [0.2, 0.25) is 0 Å². The summed E-state index contributed by atoms with van der Waals surface area (Å²) in [7, 11) is 0. The van der Waals surface area contributed by atoms with E-state index in [0.717, 1.165) is 35.1 Å². The van der Waals surface area contributed by atoms with Crippen LogP contribution < -0.4 is 4.74 Å². The number of carbonyl (C=O) groups excluding carboxylic acids is 1. The Hall–Kier alpha value is -1.47. The molecule has 4 nitrogen and oxygen atoms in total. The smallest absolute Gasteiger partial charge is 0.363 e. The molecule has 0 N–H and O–H groups in total. The molecule has 1 aliphatic rings. The molecule has 0 aliphatic carbocycles. The summed E-state index contributed by atoms with van der Waals surface area (Å²) in [5.74, 6) is 0.720. The zero-order valence-electron chi connectivity index (χ0n) is 16.4. The third kappa shape index (κ3) is 5.67. The van der Waals surface area contributed by atoms with E-state index in [9.17, 15) is 4.79 Å². The number of halogens is 3. The van der Waals surface area contributed by atoms with Crippen molar-refractivity contribution in [1.82, 2.24) is 0 Å². The fourth-order valence-electron chi connectivity index (χ4n) is 2.97. The van der Waals surface area contributed by atoms with Gasteiger partial charge in [-0.05, 0) is 128 Å². The number of cyclic esters (lactones) is 1. The van der Waals surface area contributed by atoms with Crippen LogP contribution in [0.15, 0.2) is 71.4 Å². The molecular formula is C24H16I3NO3. The van der Waals surface area contributed by atoms with Gasteiger partial charge in [-0.3, -0.25) is 0 Å². The molecule has 0 bridgehead atoms. The highest BCUT2D eigenvalue weighted by molar-refractivity contribution is 14.1. The zero-order valence-corrected chi connectivity index (χ0v) is 22.8. The van der Waals surface area contributed by atoms with Crippen molar-refractivity contribution in [3.8, 4) is 5.75 Å². The van der Waals surface area contributed by atoms with Gasteiger partial charge in [0.2, 0.25) is 5.90 Å². The van der Waals surface area contributed by atoms with Crippen LogP contribution in [0.3, 0.4) is 0 Å². The average molecular weight is 747 g/mol. The summed E-state index contributed by atoms with van der Waals surface area (Å²) in [6, 6.07) is 19.9. The van der Waals surface area contributed by atoms with Crippen LogP contribution in [0.25, 0.3) is 6.08 Å². The highest BCUT2D eigenvalue weighted by atomic mass is 127. The SMILES string of the molecule is Cc1ccc(C2=N/C(=C\c3cc(I)c(OCc4cccc(I)c4)c(I)c3)C(=O)O2)cc1. The summed E-state index contributed by atoms with van der Waals surface area (Å²) in [6.45, 7) is 2.51. The van der Waals surface area contributed by atoms with Gasteiger partial charge in [0.1, 0.15) is 12.4 Å². The van der Waals surface area contributed by atoms with Crippen molar-refractivity contribution in [2.75, 3.05) is 0 Å². The molecule has 31 heavy (non-hydrogen) atoms. The molecule has 156 valence electrons. The molecule has 1 aliphatic heterocycles. The summed E-state index contributed by atoms with van der Waals surface area (Å²) in [5, 5.41) is 0. The van der Waals surface area contributed by atoms with E-state index < -0.39 is 5.97 Å². The number of carbonyl (C=O) groups is 1. The Morgan fingerprint density at radius 3 is 2.39 bits per heavy atom. The highest BCUT2D eigenvalue weighted by Gasteiger charge is 2.24. The van der Waals surface area contributed by atoms with E-state index >= 15 is 0 Å². The van der Waals surface area contributed by atoms with Gasteiger partial charge < -0.3 is 9.47 Å². The predicted molar refractivity (Wildman–Crippen MR) is 147 cm³/mol. The summed E-state index contributed by atoms with van der Waals surface area (Å²) in [4.78, 5) is 16.7. The monoisotopic (exact) mass is 747 g/mol. The molecule has 4 rings (SSSR count). The summed E-state index contributed by atoms with van der Waals surface area (Å²) in [6.07, 6.45) is 1.75. The lowest BCUT2D eigenvalue weighted by Crippen LogP contribution is -2.05. The number of aryl methyl sites for hydroxylation is 1. The molecule has 0 radical (unpaired) electrons. The van der Waals surface area contributed by atoms with Crippen LogP contribution in [0.5, 0.6) is 5.75 Å². The lowest BCUT2D eigenvalue weighted by Gasteiger charge is -2.12. The number of rotatable bonds is 5. The molecule has 0 atom stereocenters. The fourth-order valence-corrected chi connectivity index (χ4v) is 5.70. The first-order chi connectivity index (χ1) is 14.9. The van der Waals surface area contributed by atoms with Crippen molar-refractivity contribution in [1.29, 1.82) is 0 Å². The number of aliphatic imine (C=N–C) groups is 1. The van der Waals surface area contributed by atoms with Gasteiger partial charge in [0.05, 0.1) is 7.14 Å². The predicted octanol–water partition coefficient (Wildman–Crippen LogP) is 6.73. The number of nitrogens with zero attached hydrogens (tertiary/aromatic N) is 1. The zero-order chi connectivity index (χ0) is 22.0. The maximum Gasteiger partial charge on any atom is 0.363 e. The standard InChI is InChI=1S/C24H16I3NO3/c1-14-5-7-17(8-6-14)23-28-21(24(29)31-23)12-16-10-19(26)22(20(27)11-16)30-13-15-3-2-4-18(25)9-15/h2-12H,13H2,1H3/b21-12-. The van der Waals surface area contributed by atoms with Gasteiger partial charge in [-0.25, -0.2) is 9.79 Å². The maximum absolute atomic E-state index is 12.3. The van der Waals surface area contributed by atoms with Gasteiger partial charge in [0, 0.05) is 9.13 Å². The van der Waals surface area contributed by atoms with E-state index in [1.807, 2.05) is 49.4 Å². The van der Waals surface area contributed by atoms with E-state index in [1.165, 1.54) is 3.57 Å². The molecule has 0 unspecified atom stereocenters. The van der Waals surface area contributed by atoms with Crippen LogP contribution in [0, 0.1) is 17.6 Å². The van der Waals surface area contributed by atoms with Gasteiger partial charge in [-0.2, -0.15) is 0 Å². The first-order valence-corrected chi connectivity index (χ1v) is 12.6. The van der Waals surface area contributed by atoms with Crippen molar-refractivity contribution in [3.05, 3.63) is 99.3 Å². The Balaban J connectivity index is 1.55. The number of hydrogen-bond acceptors (Lipinski definition) is 4. The van der Waals surface area contributed by atoms with Gasteiger partial charge in [0.15, 0.2) is 5.70 Å². The maximum atomic E-state index is 12.3. The van der Waals surface area contributed by atoms with E-state index in [0.29, 0.717) is 12.5 Å². The molecular weight excluding hydrogens is 731 g/mol. The van der Waals surface area contributed by atoms with Gasteiger partial charge in [-0.1, -0.05) is 29.8 Å². The molecule has 1 heterocycles. The second-order valence-electron chi connectivity index (χ2n) is 6.93. The minimum atomic E-state index is -0.445. The summed E-state index contributed by atoms with van der Waals surface area (Å²) in [5.41, 5.74) is 4.20. The van der Waals surface area contributed by atoms with Gasteiger partial charge >= 0.3 is 5.97 Å². The van der Waals surface area contributed by atoms with Crippen molar-refractivity contribution in [2.45, 2.75) is 13.5 Å². The fraction of sp³-hybridized carbons (Fsp3) is 0.0833. The lowest BCUT2D eigenvalue weighted by atomic mass is 10.1. The second-order valence-corrected chi connectivity index (χ2v) is 10.5. The Labute approximate surface area is 221 Å². The molecule has 0 fully saturated rings. The van der Waals surface area contributed by atoms with Crippen LogP contribution in [0.4, 0.5) is 0 Å². The largest absolute Gasteiger partial charge is 0.487 e. The molecule has 0 aromatic heterocycles. The number of esters is 1. The van der Waals surface area contributed by atoms with Gasteiger partial charge in [-0.15, -0.1) is 0 Å². The van der Waals surface area contributed by atoms with Crippen LogP contribution in [-0.2, 0) is 16.1 Å². The quantitative estimate of drug-likeness (QED) is 0.165. The first-order valence-electron chi connectivity index (χ1n) is 9.35. The van der Waals surface area contributed by atoms with Gasteiger partial charge in [0.25, 0.3) is 0 Å². The van der Waals surface area contributed by atoms with Crippen molar-refractivity contribution in [2.24, 2.45) is 4.99 Å². The molecule has 0 saturated heterocycles. The molecule has 3 aromatic rings.